The molecule has 2 fully saturated rings. The van der Waals surface area contributed by atoms with Gasteiger partial charge in [0.2, 0.25) is 12.2 Å². The Morgan fingerprint density at radius 3 is 2.45 bits per heavy atom. The van der Waals surface area contributed by atoms with Gasteiger partial charge in [0.15, 0.2) is 17.3 Å². The first-order valence-corrected chi connectivity index (χ1v) is 14.3. The van der Waals surface area contributed by atoms with Crippen molar-refractivity contribution in [2.75, 3.05) is 27.4 Å². The number of carbonyl (C=O) groups is 1. The summed E-state index contributed by atoms with van der Waals surface area (Å²) in [7, 11) is 2.94. The predicted molar refractivity (Wildman–Crippen MR) is 151 cm³/mol. The van der Waals surface area contributed by atoms with Gasteiger partial charge >= 0.3 is 0 Å². The van der Waals surface area contributed by atoms with E-state index in [0.717, 1.165) is 0 Å². The number of amides is 1. The van der Waals surface area contributed by atoms with E-state index in [-0.39, 0.29) is 23.7 Å². The number of aliphatic hydroxyl groups excluding tert-OH is 3. The van der Waals surface area contributed by atoms with Gasteiger partial charge in [0.1, 0.15) is 41.3 Å². The van der Waals surface area contributed by atoms with Gasteiger partial charge in [-0.05, 0) is 23.3 Å². The van der Waals surface area contributed by atoms with Crippen LogP contribution in [0.3, 0.4) is 0 Å². The number of primary amides is 1. The second kappa shape index (κ2) is 10.3. The molecule has 0 spiro atoms. The quantitative estimate of drug-likeness (QED) is 0.258. The van der Waals surface area contributed by atoms with Crippen molar-refractivity contribution >= 4 is 5.91 Å². The van der Waals surface area contributed by atoms with E-state index in [1.807, 2.05) is 6.07 Å². The molecule has 3 aliphatic heterocycles. The fourth-order valence-electron chi connectivity index (χ4n) is 7.48. The van der Waals surface area contributed by atoms with Crippen LogP contribution in [0.4, 0.5) is 0 Å². The molecule has 6 N–H and O–H groups in total. The lowest BCUT2D eigenvalue weighted by Gasteiger charge is -2.41. The molecule has 232 valence electrons. The largest absolute Gasteiger partial charge is 0.497 e. The lowest BCUT2D eigenvalue weighted by molar-refractivity contribution is -0.257. The standard InChI is InChI=1S/C32H33NO11/c1-39-17-10-8-16(9-11-17)32-24(15-6-4-3-5-7-15)23(29(33)37)28(36)31(32,38)25-20(44-32)12-19-22(26(25)40-2)27-30(42-19)43-21(14-41-27)18(35)13-34/h3-12,18,21,23-24,27-28,30,34-36,38H,13-14H2,1-2H3,(H2,33,37)/t18-,21+,23+,24+,27+,28+,30+,31-,32-/m0/s1. The van der Waals surface area contributed by atoms with Crippen molar-refractivity contribution < 1.29 is 53.6 Å². The minimum Gasteiger partial charge on any atom is -0.497 e. The van der Waals surface area contributed by atoms with Crippen LogP contribution in [0.1, 0.15) is 34.3 Å². The van der Waals surface area contributed by atoms with E-state index in [9.17, 15) is 25.2 Å². The van der Waals surface area contributed by atoms with Crippen molar-refractivity contribution in [2.24, 2.45) is 11.7 Å². The Morgan fingerprint density at radius 1 is 1.09 bits per heavy atom. The maximum absolute atomic E-state index is 13.1. The van der Waals surface area contributed by atoms with Crippen LogP contribution in [0.2, 0.25) is 0 Å². The lowest BCUT2D eigenvalue weighted by atomic mass is 9.70. The molecule has 3 aromatic rings. The van der Waals surface area contributed by atoms with Crippen LogP contribution in [0.15, 0.2) is 60.7 Å². The topological polar surface area (TPSA) is 179 Å². The molecular formula is C32H33NO11. The SMILES string of the molecule is COc1ccc([C@@]23Oc4cc5c(c(OC)c4[C@]2(O)[C@H](O)[C@H](C(N)=O)[C@H]3c2ccccc2)[C@H]2OC[C@H]([C@@H](O)CO)O[C@H]2O5)cc1. The molecule has 3 aromatic carbocycles. The summed E-state index contributed by atoms with van der Waals surface area (Å²) in [5, 5.41) is 44.6. The van der Waals surface area contributed by atoms with Crippen LogP contribution >= 0.6 is 0 Å². The van der Waals surface area contributed by atoms with Gasteiger partial charge in [-0.2, -0.15) is 0 Å². The van der Waals surface area contributed by atoms with Crippen molar-refractivity contribution in [2.45, 2.75) is 47.8 Å². The monoisotopic (exact) mass is 607 g/mol. The maximum atomic E-state index is 13.1. The number of hydrogen-bond acceptors (Lipinski definition) is 11. The molecule has 9 atom stereocenters. The molecule has 0 aromatic heterocycles. The summed E-state index contributed by atoms with van der Waals surface area (Å²) in [4.78, 5) is 13.1. The van der Waals surface area contributed by atoms with Gasteiger partial charge in [0, 0.05) is 12.0 Å². The number of ether oxygens (including phenoxy) is 6. The minimum atomic E-state index is -2.26. The first-order valence-electron chi connectivity index (χ1n) is 14.3. The molecule has 7 rings (SSSR count). The number of fused-ring (bicyclic) bond motifs is 6. The fraction of sp³-hybridized carbons (Fsp3) is 0.406. The predicted octanol–water partition coefficient (Wildman–Crippen LogP) is 0.967. The van der Waals surface area contributed by atoms with Gasteiger partial charge in [-0.1, -0.05) is 42.5 Å². The Bertz CT molecular complexity index is 1580. The van der Waals surface area contributed by atoms with Crippen LogP contribution in [0.5, 0.6) is 23.0 Å². The summed E-state index contributed by atoms with van der Waals surface area (Å²) in [6.07, 6.45) is -5.57. The van der Waals surface area contributed by atoms with E-state index in [4.69, 9.17) is 34.2 Å². The molecule has 4 aliphatic rings. The number of rotatable bonds is 7. The summed E-state index contributed by atoms with van der Waals surface area (Å²) < 4.78 is 36.2. The van der Waals surface area contributed by atoms with Gasteiger partial charge in [0.05, 0.1) is 44.5 Å². The third-order valence-corrected chi connectivity index (χ3v) is 9.38. The van der Waals surface area contributed by atoms with Gasteiger partial charge in [-0.15, -0.1) is 0 Å². The minimum absolute atomic E-state index is 0.0507. The zero-order valence-corrected chi connectivity index (χ0v) is 24.0. The summed E-state index contributed by atoms with van der Waals surface area (Å²) in [6, 6.07) is 17.4. The van der Waals surface area contributed by atoms with E-state index in [0.29, 0.717) is 28.2 Å². The van der Waals surface area contributed by atoms with Crippen LogP contribution in [-0.4, -0.2) is 78.4 Å². The first kappa shape index (κ1) is 28.8. The average molecular weight is 608 g/mol. The highest BCUT2D eigenvalue weighted by Crippen LogP contribution is 2.71. The molecule has 3 heterocycles. The number of nitrogens with two attached hydrogens (primary N) is 1. The van der Waals surface area contributed by atoms with Crippen LogP contribution < -0.4 is 24.7 Å². The number of benzene rings is 3. The Hall–Kier alpha value is -3.91. The number of aliphatic hydroxyl groups is 4. The number of methoxy groups -OCH3 is 2. The normalized spacial score (nSPS) is 33.7. The van der Waals surface area contributed by atoms with E-state index in [1.165, 1.54) is 14.2 Å². The molecular weight excluding hydrogens is 574 g/mol. The van der Waals surface area contributed by atoms with Crippen molar-refractivity contribution in [3.8, 4) is 23.0 Å². The maximum Gasteiger partial charge on any atom is 0.231 e. The lowest BCUT2D eigenvalue weighted by Crippen LogP contribution is -2.52. The number of hydrogen-bond donors (Lipinski definition) is 5. The second-order valence-electron chi connectivity index (χ2n) is 11.5. The molecule has 0 unspecified atom stereocenters. The third-order valence-electron chi connectivity index (χ3n) is 9.38. The van der Waals surface area contributed by atoms with E-state index < -0.39 is 66.3 Å². The summed E-state index contributed by atoms with van der Waals surface area (Å²) in [5.74, 6) is -1.88. The highest BCUT2D eigenvalue weighted by molar-refractivity contribution is 5.82. The third kappa shape index (κ3) is 3.69. The average Bonchev–Trinajstić information content (AvgIpc) is 3.61. The Labute approximate surface area is 252 Å². The second-order valence-corrected chi connectivity index (χ2v) is 11.5. The fourth-order valence-corrected chi connectivity index (χ4v) is 7.48. The van der Waals surface area contributed by atoms with Crippen LogP contribution in [0.25, 0.3) is 0 Å². The molecule has 1 saturated heterocycles. The molecule has 0 bridgehead atoms. The molecule has 1 amide bonds. The van der Waals surface area contributed by atoms with E-state index in [2.05, 4.69) is 0 Å². The van der Waals surface area contributed by atoms with Crippen molar-refractivity contribution in [1.29, 1.82) is 0 Å². The van der Waals surface area contributed by atoms with Crippen molar-refractivity contribution in [3.05, 3.63) is 82.9 Å². The van der Waals surface area contributed by atoms with Gasteiger partial charge in [-0.3, -0.25) is 4.79 Å². The van der Waals surface area contributed by atoms with Gasteiger partial charge in [-0.25, -0.2) is 0 Å². The van der Waals surface area contributed by atoms with E-state index in [1.54, 1.807) is 54.6 Å². The number of carbonyl (C=O) groups excluding carboxylic acids is 1. The van der Waals surface area contributed by atoms with Crippen LogP contribution in [0, 0.1) is 5.92 Å². The molecule has 0 radical (unpaired) electrons. The van der Waals surface area contributed by atoms with Crippen molar-refractivity contribution in [1.82, 2.24) is 0 Å². The molecule has 1 saturated carbocycles. The zero-order valence-electron chi connectivity index (χ0n) is 24.0. The van der Waals surface area contributed by atoms with E-state index >= 15 is 0 Å². The van der Waals surface area contributed by atoms with Gasteiger partial charge < -0.3 is 54.6 Å². The molecule has 1 aliphatic carbocycles. The van der Waals surface area contributed by atoms with Crippen molar-refractivity contribution in [3.63, 3.8) is 0 Å². The molecule has 12 nitrogen and oxygen atoms in total. The highest BCUT2D eigenvalue weighted by atomic mass is 16.7. The van der Waals surface area contributed by atoms with Crippen LogP contribution in [-0.2, 0) is 25.5 Å². The molecule has 44 heavy (non-hydrogen) atoms. The Morgan fingerprint density at radius 2 is 1.82 bits per heavy atom. The summed E-state index contributed by atoms with van der Waals surface area (Å²) in [5.41, 5.74) is 3.54. The first-order chi connectivity index (χ1) is 21.2. The zero-order chi connectivity index (χ0) is 31.0. The van der Waals surface area contributed by atoms with Gasteiger partial charge in [0.25, 0.3) is 0 Å². The molecule has 12 heteroatoms. The highest BCUT2D eigenvalue weighted by Gasteiger charge is 2.78. The summed E-state index contributed by atoms with van der Waals surface area (Å²) in [6.45, 7) is -0.573. The smallest absolute Gasteiger partial charge is 0.231 e. The summed E-state index contributed by atoms with van der Waals surface area (Å²) >= 11 is 0. The Kier molecular flexibility index (Phi) is 6.77. The Balaban J connectivity index is 1.45.